The van der Waals surface area contributed by atoms with Crippen molar-refractivity contribution in [3.63, 3.8) is 0 Å². The minimum absolute atomic E-state index is 0.00414. The van der Waals surface area contributed by atoms with Gasteiger partial charge < -0.3 is 36.0 Å². The summed E-state index contributed by atoms with van der Waals surface area (Å²) in [5.41, 5.74) is 3.98. The summed E-state index contributed by atoms with van der Waals surface area (Å²) in [6.07, 6.45) is 10.4. The van der Waals surface area contributed by atoms with Crippen LogP contribution in [0.2, 0.25) is 0 Å². The lowest BCUT2D eigenvalue weighted by molar-refractivity contribution is -0.412. The minimum atomic E-state index is -0.280. The van der Waals surface area contributed by atoms with Gasteiger partial charge in [-0.05, 0) is 55.5 Å². The Bertz CT molecular complexity index is 1310. The molecule has 6 N–H and O–H groups in total. The molecule has 1 aliphatic carbocycles. The van der Waals surface area contributed by atoms with Gasteiger partial charge >= 0.3 is 0 Å². The maximum Gasteiger partial charge on any atom is 0.262 e. The first-order valence-electron chi connectivity index (χ1n) is 15.7. The molecule has 0 radical (unpaired) electrons. The standard InChI is InChI=1S/C33H46N6O5/c1-35-22-28(38-34)26-8-6-7-24(21-26)14-19-43-20-15-31(42)39(27-9-4-2-3-5-10-27)18-17-36-16-13-25-11-12-29(40)32-33(25)44-23-30(41)37-32/h6-8,11-12,21-22,27,36,40H,2-5,9-10,13-20,23,34H2,1H3,(H,37,41)/p+1. The molecule has 2 aliphatic rings. The monoisotopic (exact) mass is 607 g/mol. The van der Waals surface area contributed by atoms with Crippen LogP contribution < -0.4 is 26.2 Å². The molecule has 1 saturated carbocycles. The molecule has 0 saturated heterocycles. The van der Waals surface area contributed by atoms with E-state index in [1.165, 1.54) is 12.8 Å². The van der Waals surface area contributed by atoms with E-state index in [2.05, 4.69) is 31.7 Å². The highest BCUT2D eigenvalue weighted by Gasteiger charge is 2.25. The molecule has 0 bridgehead atoms. The van der Waals surface area contributed by atoms with Crippen molar-refractivity contribution in [2.75, 3.05) is 51.8 Å². The van der Waals surface area contributed by atoms with E-state index in [-0.39, 0.29) is 30.2 Å². The number of phenolic OH excluding ortho intramolecular Hbond substituents is 1. The minimum Gasteiger partial charge on any atom is -0.506 e. The number of ether oxygens (including phenoxy) is 2. The fourth-order valence-corrected chi connectivity index (χ4v) is 5.85. The van der Waals surface area contributed by atoms with Crippen molar-refractivity contribution in [1.29, 1.82) is 0 Å². The van der Waals surface area contributed by atoms with Gasteiger partial charge in [0.1, 0.15) is 18.5 Å². The van der Waals surface area contributed by atoms with Crippen LogP contribution in [0.3, 0.4) is 0 Å². The van der Waals surface area contributed by atoms with E-state index >= 15 is 0 Å². The Morgan fingerprint density at radius 1 is 1.18 bits per heavy atom. The van der Waals surface area contributed by atoms with Crippen LogP contribution in [0.1, 0.15) is 61.6 Å². The molecule has 1 aliphatic heterocycles. The normalized spacial score (nSPS) is 15.8. The molecule has 44 heavy (non-hydrogen) atoms. The van der Waals surface area contributed by atoms with Crippen LogP contribution in [0, 0.1) is 0 Å². The molecule has 0 aromatic heterocycles. The Balaban J connectivity index is 1.23. The Hall–Kier alpha value is -3.96. The molecule has 1 fully saturated rings. The topological polar surface area (TPSA) is 152 Å². The van der Waals surface area contributed by atoms with Gasteiger partial charge in [-0.3, -0.25) is 9.59 Å². The molecular formula is C33H47N6O5+. The number of hydrogen-bond donors (Lipinski definition) is 5. The lowest BCUT2D eigenvalue weighted by Gasteiger charge is -2.31. The van der Waals surface area contributed by atoms with Crippen LogP contribution in [0.15, 0.2) is 41.5 Å². The van der Waals surface area contributed by atoms with E-state index in [1.807, 2.05) is 31.3 Å². The van der Waals surface area contributed by atoms with Gasteiger partial charge in [-0.25, -0.2) is 4.99 Å². The molecule has 1 heterocycles. The Morgan fingerprint density at radius 3 is 2.77 bits per heavy atom. The quantitative estimate of drug-likeness (QED) is 0.0514. The average molecular weight is 608 g/mol. The van der Waals surface area contributed by atoms with Crippen molar-refractivity contribution in [3.05, 3.63) is 53.1 Å². The second-order valence-corrected chi connectivity index (χ2v) is 11.3. The summed E-state index contributed by atoms with van der Waals surface area (Å²) in [6.45, 7) is 2.85. The SMILES string of the molecule is C[NH+]=CC(=NN)c1cccc(CCOCCC(=O)N(CCNCCc2ccc(O)c3c2OCC(=O)N3)C2CCCCCC2)c1. The zero-order chi connectivity index (χ0) is 31.1. The van der Waals surface area contributed by atoms with Crippen molar-refractivity contribution < 1.29 is 29.2 Å². The van der Waals surface area contributed by atoms with E-state index < -0.39 is 0 Å². The number of aromatic hydroxyl groups is 1. The first-order chi connectivity index (χ1) is 21.5. The molecule has 4 rings (SSSR count). The van der Waals surface area contributed by atoms with Crippen LogP contribution >= 0.6 is 0 Å². The number of carbonyl (C=O) groups is 2. The average Bonchev–Trinajstić information content (AvgIpc) is 3.32. The molecular weight excluding hydrogens is 560 g/mol. The zero-order valence-electron chi connectivity index (χ0n) is 25.8. The molecule has 2 aromatic rings. The van der Waals surface area contributed by atoms with Crippen LogP contribution in [0.4, 0.5) is 5.69 Å². The van der Waals surface area contributed by atoms with Crippen molar-refractivity contribution in [2.45, 2.75) is 63.8 Å². The number of phenols is 1. The number of anilines is 1. The van der Waals surface area contributed by atoms with Gasteiger partial charge in [0.2, 0.25) is 5.91 Å². The van der Waals surface area contributed by atoms with Crippen molar-refractivity contribution in [1.82, 2.24) is 10.2 Å². The number of amides is 2. The second-order valence-electron chi connectivity index (χ2n) is 11.3. The van der Waals surface area contributed by atoms with Gasteiger partial charge in [0.05, 0.1) is 19.6 Å². The van der Waals surface area contributed by atoms with Crippen molar-refractivity contribution in [2.24, 2.45) is 10.9 Å². The molecule has 0 atom stereocenters. The Labute approximate surface area is 259 Å². The van der Waals surface area contributed by atoms with Gasteiger partial charge in [-0.2, -0.15) is 5.10 Å². The number of carbonyl (C=O) groups excluding carboxylic acids is 2. The van der Waals surface area contributed by atoms with Crippen LogP contribution in [0.5, 0.6) is 11.5 Å². The maximum absolute atomic E-state index is 13.4. The molecule has 238 valence electrons. The fourth-order valence-electron chi connectivity index (χ4n) is 5.85. The molecule has 2 amide bonds. The summed E-state index contributed by atoms with van der Waals surface area (Å²) >= 11 is 0. The molecule has 2 aromatic carbocycles. The Kier molecular flexibility index (Phi) is 13.0. The molecule has 0 unspecified atom stereocenters. The zero-order valence-corrected chi connectivity index (χ0v) is 25.8. The van der Waals surface area contributed by atoms with Gasteiger partial charge in [-0.15, -0.1) is 0 Å². The highest BCUT2D eigenvalue weighted by atomic mass is 16.5. The van der Waals surface area contributed by atoms with Gasteiger partial charge in [0.15, 0.2) is 24.3 Å². The summed E-state index contributed by atoms with van der Waals surface area (Å²) in [7, 11) is 1.81. The number of hydrogen-bond acceptors (Lipinski definition) is 8. The highest BCUT2D eigenvalue weighted by Crippen LogP contribution is 2.39. The highest BCUT2D eigenvalue weighted by molar-refractivity contribution is 6.36. The van der Waals surface area contributed by atoms with Gasteiger partial charge in [0.25, 0.3) is 5.91 Å². The van der Waals surface area contributed by atoms with E-state index in [0.717, 1.165) is 48.8 Å². The van der Waals surface area contributed by atoms with E-state index in [0.29, 0.717) is 62.8 Å². The molecule has 11 nitrogen and oxygen atoms in total. The number of fused-ring (bicyclic) bond motifs is 1. The van der Waals surface area contributed by atoms with E-state index in [4.69, 9.17) is 15.3 Å². The number of hydrazone groups is 1. The van der Waals surface area contributed by atoms with Gasteiger partial charge in [0, 0.05) is 24.7 Å². The summed E-state index contributed by atoms with van der Waals surface area (Å²) in [4.78, 5) is 30.1. The summed E-state index contributed by atoms with van der Waals surface area (Å²) < 4.78 is 11.5. The van der Waals surface area contributed by atoms with Crippen LogP contribution in [-0.2, 0) is 27.2 Å². The number of nitrogens with one attached hydrogen (secondary N) is 3. The van der Waals surface area contributed by atoms with E-state index in [9.17, 15) is 14.7 Å². The lowest BCUT2D eigenvalue weighted by Crippen LogP contribution is -2.64. The van der Waals surface area contributed by atoms with Crippen LogP contribution in [0.25, 0.3) is 0 Å². The fraction of sp³-hybridized carbons (Fsp3) is 0.515. The molecule has 0 spiro atoms. The maximum atomic E-state index is 13.4. The summed E-state index contributed by atoms with van der Waals surface area (Å²) in [5.74, 6) is 5.91. The third-order valence-corrected chi connectivity index (χ3v) is 8.15. The summed E-state index contributed by atoms with van der Waals surface area (Å²) in [6, 6.07) is 11.7. The lowest BCUT2D eigenvalue weighted by atomic mass is 10.1. The third-order valence-electron chi connectivity index (χ3n) is 8.15. The Morgan fingerprint density at radius 2 is 2.00 bits per heavy atom. The third kappa shape index (κ3) is 9.52. The van der Waals surface area contributed by atoms with Crippen LogP contribution in [-0.4, -0.2) is 86.3 Å². The first-order valence-corrected chi connectivity index (χ1v) is 15.7. The predicted octanol–water partition coefficient (Wildman–Crippen LogP) is 1.50. The van der Waals surface area contributed by atoms with Crippen molar-refractivity contribution in [3.8, 4) is 11.5 Å². The number of nitrogens with zero attached hydrogens (tertiary/aromatic N) is 2. The smallest absolute Gasteiger partial charge is 0.262 e. The van der Waals surface area contributed by atoms with E-state index in [1.54, 1.807) is 12.3 Å². The predicted molar refractivity (Wildman–Crippen MR) is 171 cm³/mol. The first kappa shape index (κ1) is 32.9. The summed E-state index contributed by atoms with van der Waals surface area (Å²) in [5, 5.41) is 20.1. The van der Waals surface area contributed by atoms with Gasteiger partial charge in [-0.1, -0.05) is 49.9 Å². The number of benzene rings is 2. The number of nitrogens with two attached hydrogens (primary N) is 1. The largest absolute Gasteiger partial charge is 0.506 e. The molecule has 11 heteroatoms. The second kappa shape index (κ2) is 17.4. The number of rotatable bonds is 15. The van der Waals surface area contributed by atoms with Crippen molar-refractivity contribution >= 4 is 29.4 Å².